The van der Waals surface area contributed by atoms with E-state index in [2.05, 4.69) is 4.98 Å². The fraction of sp³-hybridized carbons (Fsp3) is 0.571. The van der Waals surface area contributed by atoms with E-state index in [0.29, 0.717) is 5.69 Å². The average Bonchev–Trinajstić information content (AvgIpc) is 2.30. The van der Waals surface area contributed by atoms with Crippen LogP contribution in [0.1, 0.15) is 22.5 Å². The van der Waals surface area contributed by atoms with Gasteiger partial charge in [-0.1, -0.05) is 6.92 Å². The third-order valence-corrected chi connectivity index (χ3v) is 2.49. The molecule has 10 heavy (non-hydrogen) atoms. The molecule has 0 bridgehead atoms. The molecule has 0 aromatic carbocycles. The van der Waals surface area contributed by atoms with E-state index >= 15 is 0 Å². The lowest BCUT2D eigenvalue weighted by Gasteiger charge is -1.88. The summed E-state index contributed by atoms with van der Waals surface area (Å²) in [7, 11) is 0. The zero-order valence-corrected chi connectivity index (χ0v) is 6.96. The third-order valence-electron chi connectivity index (χ3n) is 1.33. The first-order valence-corrected chi connectivity index (χ1v) is 4.10. The van der Waals surface area contributed by atoms with Gasteiger partial charge >= 0.3 is 0 Å². The molecular weight excluding hydrogens is 149 g/mol. The second kappa shape index (κ2) is 3.10. The number of rotatable bonds is 2. The average molecular weight is 159 g/mol. The van der Waals surface area contributed by atoms with Crippen molar-refractivity contribution < 1.29 is 4.39 Å². The van der Waals surface area contributed by atoms with E-state index in [1.807, 2.05) is 13.8 Å². The Morgan fingerprint density at radius 2 is 2.30 bits per heavy atom. The number of alkyl halides is 1. The summed E-state index contributed by atoms with van der Waals surface area (Å²) in [4.78, 5) is 5.13. The van der Waals surface area contributed by atoms with Gasteiger partial charge in [-0.15, -0.1) is 11.3 Å². The Morgan fingerprint density at radius 3 is 2.70 bits per heavy atom. The van der Waals surface area contributed by atoms with Crippen LogP contribution in [-0.2, 0) is 13.1 Å². The van der Waals surface area contributed by atoms with Crippen LogP contribution in [-0.4, -0.2) is 4.98 Å². The number of aryl methyl sites for hydroxylation is 2. The first-order chi connectivity index (χ1) is 4.77. The third kappa shape index (κ3) is 1.34. The van der Waals surface area contributed by atoms with Crippen molar-refractivity contribution in [3.8, 4) is 0 Å². The zero-order valence-electron chi connectivity index (χ0n) is 6.15. The molecule has 1 rings (SSSR count). The molecule has 0 unspecified atom stereocenters. The normalized spacial score (nSPS) is 10.3. The van der Waals surface area contributed by atoms with Gasteiger partial charge in [0.1, 0.15) is 6.67 Å². The summed E-state index contributed by atoms with van der Waals surface area (Å²) in [6.07, 6.45) is 0.894. The highest BCUT2D eigenvalue weighted by Crippen LogP contribution is 2.18. The van der Waals surface area contributed by atoms with Gasteiger partial charge in [0.05, 0.1) is 10.7 Å². The monoisotopic (exact) mass is 159 g/mol. The highest BCUT2D eigenvalue weighted by atomic mass is 32.1. The second-order valence-corrected chi connectivity index (χ2v) is 3.38. The van der Waals surface area contributed by atoms with Gasteiger partial charge in [-0.25, -0.2) is 9.37 Å². The zero-order chi connectivity index (χ0) is 7.56. The summed E-state index contributed by atoms with van der Waals surface area (Å²) in [5.41, 5.74) is 0.630. The molecule has 0 aliphatic carbocycles. The van der Waals surface area contributed by atoms with Crippen molar-refractivity contribution in [2.24, 2.45) is 0 Å². The van der Waals surface area contributed by atoms with Crippen molar-refractivity contribution in [3.05, 3.63) is 15.6 Å². The fourth-order valence-corrected chi connectivity index (χ4v) is 1.77. The van der Waals surface area contributed by atoms with Crippen molar-refractivity contribution in [1.29, 1.82) is 0 Å². The van der Waals surface area contributed by atoms with Gasteiger partial charge in [-0.2, -0.15) is 0 Å². The lowest BCUT2D eigenvalue weighted by atomic mass is 10.3. The minimum atomic E-state index is -0.423. The topological polar surface area (TPSA) is 12.9 Å². The minimum absolute atomic E-state index is 0.423. The molecule has 56 valence electrons. The van der Waals surface area contributed by atoms with E-state index in [4.69, 9.17) is 0 Å². The molecule has 0 aliphatic rings. The lowest BCUT2D eigenvalue weighted by Crippen LogP contribution is -1.84. The van der Waals surface area contributed by atoms with Crippen LogP contribution in [0.25, 0.3) is 0 Å². The van der Waals surface area contributed by atoms with E-state index in [0.717, 1.165) is 16.3 Å². The molecule has 1 aromatic heterocycles. The van der Waals surface area contributed by atoms with Gasteiger partial charge in [0.15, 0.2) is 0 Å². The van der Waals surface area contributed by atoms with Crippen molar-refractivity contribution >= 4 is 11.3 Å². The SMILES string of the molecule is CCc1sc(C)nc1CF. The fourth-order valence-electron chi connectivity index (χ4n) is 0.893. The number of thiazole rings is 1. The Labute approximate surface area is 63.9 Å². The molecular formula is C7H10FNS. The van der Waals surface area contributed by atoms with Crippen LogP contribution in [0.4, 0.5) is 4.39 Å². The predicted octanol–water partition coefficient (Wildman–Crippen LogP) is 2.48. The molecule has 1 aromatic rings. The van der Waals surface area contributed by atoms with Crippen LogP contribution < -0.4 is 0 Å². The van der Waals surface area contributed by atoms with Gasteiger partial charge in [-0.05, 0) is 13.3 Å². The van der Waals surface area contributed by atoms with Crippen LogP contribution in [0.5, 0.6) is 0 Å². The van der Waals surface area contributed by atoms with Crippen LogP contribution in [0, 0.1) is 6.92 Å². The highest BCUT2D eigenvalue weighted by molar-refractivity contribution is 7.11. The maximum atomic E-state index is 12.1. The molecule has 0 N–H and O–H groups in total. The van der Waals surface area contributed by atoms with Gasteiger partial charge in [0.25, 0.3) is 0 Å². The quantitative estimate of drug-likeness (QED) is 0.646. The Balaban J connectivity index is 2.96. The first-order valence-electron chi connectivity index (χ1n) is 3.29. The van der Waals surface area contributed by atoms with Gasteiger partial charge in [0, 0.05) is 4.88 Å². The number of hydrogen-bond donors (Lipinski definition) is 0. The summed E-state index contributed by atoms with van der Waals surface area (Å²) in [5.74, 6) is 0. The summed E-state index contributed by atoms with van der Waals surface area (Å²) < 4.78 is 12.1. The molecule has 0 spiro atoms. The maximum Gasteiger partial charge on any atom is 0.133 e. The smallest absolute Gasteiger partial charge is 0.133 e. The minimum Gasteiger partial charge on any atom is -0.244 e. The number of nitrogens with zero attached hydrogens (tertiary/aromatic N) is 1. The van der Waals surface area contributed by atoms with E-state index in [1.165, 1.54) is 0 Å². The van der Waals surface area contributed by atoms with Crippen molar-refractivity contribution in [2.75, 3.05) is 0 Å². The Kier molecular flexibility index (Phi) is 2.38. The van der Waals surface area contributed by atoms with E-state index in [-0.39, 0.29) is 0 Å². The van der Waals surface area contributed by atoms with Gasteiger partial charge < -0.3 is 0 Å². The van der Waals surface area contributed by atoms with Crippen molar-refractivity contribution in [3.63, 3.8) is 0 Å². The predicted molar refractivity (Wildman–Crippen MR) is 41.0 cm³/mol. The summed E-state index contributed by atoms with van der Waals surface area (Å²) in [6.45, 7) is 3.50. The van der Waals surface area contributed by atoms with Crippen LogP contribution in [0.3, 0.4) is 0 Å². The Morgan fingerprint density at radius 1 is 1.60 bits per heavy atom. The largest absolute Gasteiger partial charge is 0.244 e. The van der Waals surface area contributed by atoms with Gasteiger partial charge in [-0.3, -0.25) is 0 Å². The maximum absolute atomic E-state index is 12.1. The molecule has 0 fully saturated rings. The summed E-state index contributed by atoms with van der Waals surface area (Å²) in [6, 6.07) is 0. The lowest BCUT2D eigenvalue weighted by molar-refractivity contribution is 0.475. The summed E-state index contributed by atoms with van der Waals surface area (Å²) in [5, 5.41) is 0.963. The molecule has 1 heterocycles. The first kappa shape index (κ1) is 7.66. The molecule has 1 nitrogen and oxygen atoms in total. The van der Waals surface area contributed by atoms with Crippen LogP contribution in [0.2, 0.25) is 0 Å². The van der Waals surface area contributed by atoms with Gasteiger partial charge in [0.2, 0.25) is 0 Å². The highest BCUT2D eigenvalue weighted by Gasteiger charge is 2.05. The molecule has 0 aliphatic heterocycles. The number of aromatic nitrogens is 1. The summed E-state index contributed by atoms with van der Waals surface area (Å²) >= 11 is 1.59. The van der Waals surface area contributed by atoms with Crippen molar-refractivity contribution in [1.82, 2.24) is 4.98 Å². The second-order valence-electron chi connectivity index (χ2n) is 2.09. The van der Waals surface area contributed by atoms with E-state index in [9.17, 15) is 4.39 Å². The molecule has 0 saturated carbocycles. The molecule has 0 saturated heterocycles. The molecule has 0 atom stereocenters. The Hall–Kier alpha value is -0.440. The van der Waals surface area contributed by atoms with Crippen LogP contribution in [0.15, 0.2) is 0 Å². The molecule has 0 amide bonds. The van der Waals surface area contributed by atoms with E-state index in [1.54, 1.807) is 11.3 Å². The standard InChI is InChI=1S/C7H10FNS/c1-3-7-6(4-8)9-5(2)10-7/h3-4H2,1-2H3. The number of halogens is 1. The van der Waals surface area contributed by atoms with Crippen LogP contribution >= 0.6 is 11.3 Å². The molecule has 3 heteroatoms. The van der Waals surface area contributed by atoms with E-state index < -0.39 is 6.67 Å². The Bertz CT molecular complexity index is 198. The van der Waals surface area contributed by atoms with Crippen molar-refractivity contribution in [2.45, 2.75) is 26.9 Å². The molecule has 0 radical (unpaired) electrons. The number of hydrogen-bond acceptors (Lipinski definition) is 2.